The fourth-order valence-corrected chi connectivity index (χ4v) is 2.70. The lowest BCUT2D eigenvalue weighted by Gasteiger charge is -2.22. The van der Waals surface area contributed by atoms with Crippen molar-refractivity contribution in [2.24, 2.45) is 0 Å². The van der Waals surface area contributed by atoms with E-state index in [1.54, 1.807) is 6.08 Å². The van der Waals surface area contributed by atoms with Gasteiger partial charge in [0.05, 0.1) is 13.2 Å². The second kappa shape index (κ2) is 9.80. The number of likely N-dealkylation sites (tertiary alicyclic amines) is 1. The Morgan fingerprint density at radius 1 is 1.22 bits per heavy atom. The third-order valence-electron chi connectivity index (χ3n) is 3.93. The summed E-state index contributed by atoms with van der Waals surface area (Å²) in [7, 11) is 0. The van der Waals surface area contributed by atoms with Gasteiger partial charge in [-0.1, -0.05) is 67.3 Å². The molecule has 1 aliphatic heterocycles. The van der Waals surface area contributed by atoms with Crippen molar-refractivity contribution < 1.29 is 9.53 Å². The molecule has 1 aromatic carbocycles. The minimum Gasteiger partial charge on any atom is -0.373 e. The van der Waals surface area contributed by atoms with Crippen LogP contribution in [-0.4, -0.2) is 30.0 Å². The van der Waals surface area contributed by atoms with E-state index in [0.29, 0.717) is 32.2 Å². The van der Waals surface area contributed by atoms with Gasteiger partial charge in [0.2, 0.25) is 5.91 Å². The molecule has 1 unspecified atom stereocenters. The van der Waals surface area contributed by atoms with Crippen molar-refractivity contribution in [3.05, 3.63) is 72.9 Å². The zero-order valence-electron chi connectivity index (χ0n) is 13.6. The molecule has 0 saturated carbocycles. The van der Waals surface area contributed by atoms with Crippen LogP contribution in [0.15, 0.2) is 67.3 Å². The Kier molecular flexibility index (Phi) is 7.34. The Balaban J connectivity index is 1.69. The first-order chi connectivity index (χ1) is 11.3. The molecule has 0 N–H and O–H groups in total. The highest BCUT2D eigenvalue weighted by Gasteiger charge is 2.28. The third-order valence-corrected chi connectivity index (χ3v) is 3.93. The monoisotopic (exact) mass is 311 g/mol. The summed E-state index contributed by atoms with van der Waals surface area (Å²) in [5, 5.41) is 0. The van der Waals surface area contributed by atoms with Gasteiger partial charge in [-0.3, -0.25) is 4.79 Å². The first-order valence-electron chi connectivity index (χ1n) is 8.15. The van der Waals surface area contributed by atoms with Crippen LogP contribution in [0.25, 0.3) is 0 Å². The molecule has 1 amide bonds. The summed E-state index contributed by atoms with van der Waals surface area (Å²) in [4.78, 5) is 13.9. The second-order valence-corrected chi connectivity index (χ2v) is 5.61. The maximum atomic E-state index is 11.9. The van der Waals surface area contributed by atoms with Crippen LogP contribution in [0.4, 0.5) is 0 Å². The Bertz CT molecular complexity index is 548. The van der Waals surface area contributed by atoms with E-state index in [1.807, 2.05) is 53.5 Å². The van der Waals surface area contributed by atoms with Crippen molar-refractivity contribution in [3.63, 3.8) is 0 Å². The lowest BCUT2D eigenvalue weighted by atomic mass is 10.1. The molecule has 1 fully saturated rings. The van der Waals surface area contributed by atoms with Gasteiger partial charge >= 0.3 is 0 Å². The summed E-state index contributed by atoms with van der Waals surface area (Å²) in [6.45, 7) is 5.51. The number of carbonyl (C=O) groups excluding carboxylic acids is 1. The van der Waals surface area contributed by atoms with Crippen LogP contribution in [0.3, 0.4) is 0 Å². The van der Waals surface area contributed by atoms with Crippen molar-refractivity contribution in [1.29, 1.82) is 0 Å². The number of hydrogen-bond donors (Lipinski definition) is 0. The van der Waals surface area contributed by atoms with E-state index in [1.165, 1.54) is 5.56 Å². The maximum absolute atomic E-state index is 11.9. The predicted octanol–water partition coefficient (Wildman–Crippen LogP) is 3.88. The van der Waals surface area contributed by atoms with Gasteiger partial charge in [-0.05, 0) is 18.4 Å². The zero-order valence-corrected chi connectivity index (χ0v) is 13.6. The predicted molar refractivity (Wildman–Crippen MR) is 93.9 cm³/mol. The summed E-state index contributed by atoms with van der Waals surface area (Å²) in [5.41, 5.74) is 1.17. The van der Waals surface area contributed by atoms with Gasteiger partial charge < -0.3 is 9.64 Å². The van der Waals surface area contributed by atoms with Crippen LogP contribution in [0, 0.1) is 0 Å². The molecular weight excluding hydrogens is 286 g/mol. The zero-order chi connectivity index (χ0) is 16.3. The molecule has 1 aliphatic rings. The van der Waals surface area contributed by atoms with E-state index in [-0.39, 0.29) is 5.91 Å². The number of hydrogen-bond acceptors (Lipinski definition) is 2. The minimum absolute atomic E-state index is 0.247. The van der Waals surface area contributed by atoms with E-state index in [2.05, 4.69) is 12.7 Å². The molecule has 3 nitrogen and oxygen atoms in total. The van der Waals surface area contributed by atoms with Crippen molar-refractivity contribution >= 4 is 5.91 Å². The van der Waals surface area contributed by atoms with Gasteiger partial charge in [-0.25, -0.2) is 0 Å². The Morgan fingerprint density at radius 3 is 2.83 bits per heavy atom. The third kappa shape index (κ3) is 5.87. The van der Waals surface area contributed by atoms with E-state index in [0.717, 1.165) is 12.8 Å². The molecule has 0 aromatic heterocycles. The summed E-state index contributed by atoms with van der Waals surface area (Å²) < 4.78 is 5.61. The van der Waals surface area contributed by atoms with Gasteiger partial charge in [0, 0.05) is 19.0 Å². The van der Waals surface area contributed by atoms with Crippen molar-refractivity contribution in [2.75, 3.05) is 13.2 Å². The molecule has 3 heteroatoms. The van der Waals surface area contributed by atoms with Gasteiger partial charge in [-0.2, -0.15) is 0 Å². The molecule has 122 valence electrons. The second-order valence-electron chi connectivity index (χ2n) is 5.61. The molecule has 0 spiro atoms. The molecule has 1 aromatic rings. The summed E-state index contributed by atoms with van der Waals surface area (Å²) in [5.74, 6) is 0.247. The van der Waals surface area contributed by atoms with E-state index < -0.39 is 0 Å². The molecule has 0 aliphatic carbocycles. The Morgan fingerprint density at radius 2 is 2.04 bits per heavy atom. The van der Waals surface area contributed by atoms with Crippen LogP contribution >= 0.6 is 0 Å². The van der Waals surface area contributed by atoms with Gasteiger partial charge in [0.25, 0.3) is 0 Å². The quantitative estimate of drug-likeness (QED) is 0.393. The smallest absolute Gasteiger partial charge is 0.223 e. The highest BCUT2D eigenvalue weighted by atomic mass is 16.5. The van der Waals surface area contributed by atoms with Crippen molar-refractivity contribution in [1.82, 2.24) is 4.90 Å². The molecule has 2 rings (SSSR count). The molecular formula is C20H25NO2. The van der Waals surface area contributed by atoms with Crippen LogP contribution in [0.1, 0.15) is 24.8 Å². The van der Waals surface area contributed by atoms with Gasteiger partial charge in [0.15, 0.2) is 0 Å². The number of nitrogens with zero attached hydrogens (tertiary/aromatic N) is 1. The lowest BCUT2D eigenvalue weighted by molar-refractivity contribution is -0.128. The van der Waals surface area contributed by atoms with Crippen LogP contribution < -0.4 is 0 Å². The number of benzene rings is 1. The summed E-state index contributed by atoms with van der Waals surface area (Å²) in [6.07, 6.45) is 12.3. The standard InChI is InChI=1S/C20H25NO2/c1-2-3-5-12-19-13-14-20(22)21(19)15-8-9-16-23-17-18-10-6-4-7-11-18/h2-11,19H,1,12-17H2/b5-3+,9-8+. The van der Waals surface area contributed by atoms with Crippen LogP contribution in [0.5, 0.6) is 0 Å². The minimum atomic E-state index is 0.247. The van der Waals surface area contributed by atoms with Crippen LogP contribution in [0.2, 0.25) is 0 Å². The number of allylic oxidation sites excluding steroid dienone is 2. The molecule has 0 bridgehead atoms. The Hall–Kier alpha value is -2.13. The van der Waals surface area contributed by atoms with Gasteiger partial charge in [-0.15, -0.1) is 0 Å². The highest BCUT2D eigenvalue weighted by molar-refractivity contribution is 5.78. The fourth-order valence-electron chi connectivity index (χ4n) is 2.70. The molecule has 1 atom stereocenters. The molecule has 1 heterocycles. The summed E-state index contributed by atoms with van der Waals surface area (Å²) >= 11 is 0. The van der Waals surface area contributed by atoms with Gasteiger partial charge in [0.1, 0.15) is 0 Å². The number of rotatable bonds is 9. The molecule has 23 heavy (non-hydrogen) atoms. The first kappa shape index (κ1) is 17.2. The van der Waals surface area contributed by atoms with E-state index in [9.17, 15) is 4.79 Å². The maximum Gasteiger partial charge on any atom is 0.223 e. The number of ether oxygens (including phenoxy) is 1. The SMILES string of the molecule is C=C/C=C/CC1CCC(=O)N1C/C=C/COCc1ccccc1. The topological polar surface area (TPSA) is 29.5 Å². The molecule has 0 radical (unpaired) electrons. The lowest BCUT2D eigenvalue weighted by Crippen LogP contribution is -2.32. The number of carbonyl (C=O) groups is 1. The molecule has 1 saturated heterocycles. The average Bonchev–Trinajstić information content (AvgIpc) is 2.92. The fraction of sp³-hybridized carbons (Fsp3) is 0.350. The van der Waals surface area contributed by atoms with Crippen molar-refractivity contribution in [3.8, 4) is 0 Å². The normalized spacial score (nSPS) is 18.3. The summed E-state index contributed by atoms with van der Waals surface area (Å²) in [6, 6.07) is 10.4. The largest absolute Gasteiger partial charge is 0.373 e. The highest BCUT2D eigenvalue weighted by Crippen LogP contribution is 2.21. The van der Waals surface area contributed by atoms with Crippen LogP contribution in [-0.2, 0) is 16.1 Å². The van der Waals surface area contributed by atoms with Crippen molar-refractivity contribution in [2.45, 2.75) is 31.9 Å². The first-order valence-corrected chi connectivity index (χ1v) is 8.15. The Labute approximate surface area is 139 Å². The average molecular weight is 311 g/mol. The van der Waals surface area contributed by atoms with E-state index in [4.69, 9.17) is 4.74 Å². The number of amides is 1. The van der Waals surface area contributed by atoms with E-state index >= 15 is 0 Å².